The Labute approximate surface area is 115 Å². The number of nitrogens with zero attached hydrogens (tertiary/aromatic N) is 3. The van der Waals surface area contributed by atoms with Crippen LogP contribution in [0.25, 0.3) is 5.65 Å². The zero-order valence-electron chi connectivity index (χ0n) is 11.0. The number of fused-ring (bicyclic) bond motifs is 1. The van der Waals surface area contributed by atoms with E-state index in [4.69, 9.17) is 16.2 Å². The predicted octanol–water partition coefficient (Wildman–Crippen LogP) is -1.18. The molecule has 0 amide bonds. The van der Waals surface area contributed by atoms with Crippen molar-refractivity contribution in [3.8, 4) is 0 Å². The lowest BCUT2D eigenvalue weighted by Crippen LogP contribution is -2.50. The van der Waals surface area contributed by atoms with Crippen LogP contribution in [-0.2, 0) is 4.74 Å². The molecule has 8 heteroatoms. The van der Waals surface area contributed by atoms with Gasteiger partial charge >= 0.3 is 0 Å². The van der Waals surface area contributed by atoms with Crippen molar-refractivity contribution in [2.24, 2.45) is 5.73 Å². The Kier molecular flexibility index (Phi) is 2.91. The van der Waals surface area contributed by atoms with Crippen molar-refractivity contribution in [2.45, 2.75) is 30.8 Å². The van der Waals surface area contributed by atoms with E-state index in [1.165, 1.54) is 4.52 Å². The van der Waals surface area contributed by atoms with Gasteiger partial charge in [0, 0.05) is 11.8 Å². The summed E-state index contributed by atoms with van der Waals surface area (Å²) >= 11 is 0. The summed E-state index contributed by atoms with van der Waals surface area (Å²) in [7, 11) is 0. The molecule has 0 aromatic carbocycles. The highest BCUT2D eigenvalue weighted by molar-refractivity contribution is 5.53. The number of aliphatic hydroxyl groups is 2. The van der Waals surface area contributed by atoms with Gasteiger partial charge in [-0.3, -0.25) is 0 Å². The average molecular weight is 279 g/mol. The monoisotopic (exact) mass is 279 g/mol. The maximum atomic E-state index is 10.1. The van der Waals surface area contributed by atoms with Gasteiger partial charge in [-0.25, -0.2) is 4.98 Å². The fourth-order valence-electron chi connectivity index (χ4n) is 2.62. The second-order valence-corrected chi connectivity index (χ2v) is 5.25. The molecule has 0 radical (unpaired) electrons. The van der Waals surface area contributed by atoms with Crippen LogP contribution >= 0.6 is 0 Å². The molecule has 0 aliphatic carbocycles. The Morgan fingerprint density at radius 3 is 2.95 bits per heavy atom. The third-order valence-corrected chi connectivity index (χ3v) is 3.79. The van der Waals surface area contributed by atoms with Crippen molar-refractivity contribution in [1.82, 2.24) is 14.6 Å². The Morgan fingerprint density at radius 2 is 2.30 bits per heavy atom. The van der Waals surface area contributed by atoms with Gasteiger partial charge < -0.3 is 26.4 Å². The van der Waals surface area contributed by atoms with Crippen LogP contribution in [0.1, 0.15) is 18.6 Å². The van der Waals surface area contributed by atoms with E-state index in [0.717, 1.165) is 0 Å². The lowest BCUT2D eigenvalue weighted by molar-refractivity contribution is -0.0223. The van der Waals surface area contributed by atoms with E-state index in [-0.39, 0.29) is 6.61 Å². The standard InChI is InChI=1S/C12H17N5O3/c1-12(14)9(19)7(5-18)20-10(12)6-4-16-17-8(13)2-3-15-11(6)17/h2-4,7,9-10,18-19H,5,13-14H2,1H3/t7-,9-,10+,12-/m1/s1. The van der Waals surface area contributed by atoms with Crippen molar-refractivity contribution in [2.75, 3.05) is 12.3 Å². The molecule has 108 valence electrons. The van der Waals surface area contributed by atoms with Gasteiger partial charge in [-0.1, -0.05) is 0 Å². The summed E-state index contributed by atoms with van der Waals surface area (Å²) in [6, 6.07) is 1.63. The summed E-state index contributed by atoms with van der Waals surface area (Å²) in [5.74, 6) is 0.442. The highest BCUT2D eigenvalue weighted by Crippen LogP contribution is 2.40. The van der Waals surface area contributed by atoms with E-state index >= 15 is 0 Å². The number of nitrogens with two attached hydrogens (primary N) is 2. The quantitative estimate of drug-likeness (QED) is 0.544. The first-order valence-corrected chi connectivity index (χ1v) is 6.28. The molecule has 2 aromatic rings. The van der Waals surface area contributed by atoms with E-state index in [9.17, 15) is 10.2 Å². The molecule has 0 spiro atoms. The normalized spacial score (nSPS) is 33.9. The van der Waals surface area contributed by atoms with Gasteiger partial charge in [-0.05, 0) is 13.0 Å². The summed E-state index contributed by atoms with van der Waals surface area (Å²) in [4.78, 5) is 4.23. The molecule has 4 atom stereocenters. The van der Waals surface area contributed by atoms with Gasteiger partial charge in [0.1, 0.15) is 24.1 Å². The lowest BCUT2D eigenvalue weighted by atomic mass is 9.87. The number of ether oxygens (including phenoxy) is 1. The maximum Gasteiger partial charge on any atom is 0.163 e. The first kappa shape index (κ1) is 13.3. The number of anilines is 1. The van der Waals surface area contributed by atoms with Crippen molar-refractivity contribution >= 4 is 11.5 Å². The van der Waals surface area contributed by atoms with Crippen LogP contribution in [0.2, 0.25) is 0 Å². The fourth-order valence-corrected chi connectivity index (χ4v) is 2.62. The van der Waals surface area contributed by atoms with Crippen LogP contribution in [0.4, 0.5) is 5.82 Å². The number of aromatic nitrogens is 3. The van der Waals surface area contributed by atoms with Gasteiger partial charge in [-0.15, -0.1) is 0 Å². The average Bonchev–Trinajstić information content (AvgIpc) is 2.92. The van der Waals surface area contributed by atoms with E-state index in [0.29, 0.717) is 17.0 Å². The molecule has 0 bridgehead atoms. The minimum Gasteiger partial charge on any atom is -0.394 e. The molecule has 3 heterocycles. The van der Waals surface area contributed by atoms with Crippen LogP contribution in [0.3, 0.4) is 0 Å². The minimum atomic E-state index is -1.05. The van der Waals surface area contributed by atoms with E-state index in [2.05, 4.69) is 10.1 Å². The Balaban J connectivity index is 2.10. The predicted molar refractivity (Wildman–Crippen MR) is 70.7 cm³/mol. The topological polar surface area (TPSA) is 132 Å². The van der Waals surface area contributed by atoms with E-state index in [1.54, 1.807) is 25.4 Å². The molecule has 6 N–H and O–H groups in total. The second-order valence-electron chi connectivity index (χ2n) is 5.25. The van der Waals surface area contributed by atoms with Gasteiger partial charge in [0.25, 0.3) is 0 Å². The number of nitrogen functional groups attached to an aromatic ring is 1. The highest BCUT2D eigenvalue weighted by Gasteiger charge is 2.51. The summed E-state index contributed by atoms with van der Waals surface area (Å²) in [6.45, 7) is 1.37. The van der Waals surface area contributed by atoms with Crippen molar-refractivity contribution in [3.05, 3.63) is 24.0 Å². The Morgan fingerprint density at radius 1 is 1.55 bits per heavy atom. The number of aliphatic hydroxyl groups excluding tert-OH is 2. The van der Waals surface area contributed by atoms with Crippen molar-refractivity contribution in [1.29, 1.82) is 0 Å². The number of rotatable bonds is 2. The van der Waals surface area contributed by atoms with Gasteiger partial charge in [0.15, 0.2) is 5.65 Å². The summed E-state index contributed by atoms with van der Waals surface area (Å²) in [5.41, 5.74) is 12.1. The SMILES string of the molecule is C[C@@]1(N)[C@H](O)[C@@H](CO)O[C@H]1c1cnn2c(N)ccnc12. The molecule has 0 saturated carbocycles. The third kappa shape index (κ3) is 1.70. The molecule has 1 aliphatic heterocycles. The number of hydrogen-bond acceptors (Lipinski definition) is 7. The molecule has 0 unspecified atom stereocenters. The molecule has 20 heavy (non-hydrogen) atoms. The third-order valence-electron chi connectivity index (χ3n) is 3.79. The molecule has 8 nitrogen and oxygen atoms in total. The zero-order chi connectivity index (χ0) is 14.5. The Bertz CT molecular complexity index is 641. The molecular formula is C12H17N5O3. The minimum absolute atomic E-state index is 0.306. The smallest absolute Gasteiger partial charge is 0.163 e. The molecule has 1 aliphatic rings. The first-order valence-electron chi connectivity index (χ1n) is 6.28. The van der Waals surface area contributed by atoms with E-state index in [1.807, 2.05) is 0 Å². The molecule has 1 fully saturated rings. The van der Waals surface area contributed by atoms with Crippen LogP contribution in [0.5, 0.6) is 0 Å². The van der Waals surface area contributed by atoms with Gasteiger partial charge in [-0.2, -0.15) is 9.61 Å². The fraction of sp³-hybridized carbons (Fsp3) is 0.500. The molecule has 3 rings (SSSR count). The maximum absolute atomic E-state index is 10.1. The van der Waals surface area contributed by atoms with E-state index < -0.39 is 23.9 Å². The first-order chi connectivity index (χ1) is 9.46. The van der Waals surface area contributed by atoms with Crippen molar-refractivity contribution in [3.63, 3.8) is 0 Å². The van der Waals surface area contributed by atoms with Crippen LogP contribution < -0.4 is 11.5 Å². The van der Waals surface area contributed by atoms with Crippen LogP contribution in [0.15, 0.2) is 18.5 Å². The molecule has 2 aromatic heterocycles. The largest absolute Gasteiger partial charge is 0.394 e. The van der Waals surface area contributed by atoms with Crippen molar-refractivity contribution < 1.29 is 14.9 Å². The summed E-state index contributed by atoms with van der Waals surface area (Å²) in [5, 5.41) is 23.5. The highest BCUT2D eigenvalue weighted by atomic mass is 16.5. The molecule has 1 saturated heterocycles. The summed E-state index contributed by atoms with van der Waals surface area (Å²) in [6.07, 6.45) is 0.806. The van der Waals surface area contributed by atoms with Crippen LogP contribution in [0, 0.1) is 0 Å². The second kappa shape index (κ2) is 4.38. The van der Waals surface area contributed by atoms with Gasteiger partial charge in [0.05, 0.1) is 18.3 Å². The summed E-state index contributed by atoms with van der Waals surface area (Å²) < 4.78 is 7.15. The lowest BCUT2D eigenvalue weighted by Gasteiger charge is -2.27. The molecular weight excluding hydrogens is 262 g/mol. The van der Waals surface area contributed by atoms with Crippen LogP contribution in [-0.4, -0.2) is 49.2 Å². The number of hydrogen-bond donors (Lipinski definition) is 4. The zero-order valence-corrected chi connectivity index (χ0v) is 11.0. The van der Waals surface area contributed by atoms with Gasteiger partial charge in [0.2, 0.25) is 0 Å². The Hall–Kier alpha value is -1.74.